The molecule has 0 saturated carbocycles. The Balaban J connectivity index is 1.85. The number of fused-ring (bicyclic) bond motifs is 1. The number of aromatic nitrogens is 2. The van der Waals surface area contributed by atoms with Gasteiger partial charge in [-0.2, -0.15) is 10.4 Å². The maximum Gasteiger partial charge on any atom is 0.315 e. The molecule has 7 nitrogen and oxygen atoms in total. The zero-order chi connectivity index (χ0) is 23.6. The Hall–Kier alpha value is -3.50. The van der Waals surface area contributed by atoms with E-state index in [4.69, 9.17) is 21.4 Å². The largest absolute Gasteiger partial charge is 0.489 e. The van der Waals surface area contributed by atoms with E-state index in [1.807, 2.05) is 51.1 Å². The van der Waals surface area contributed by atoms with Gasteiger partial charge in [-0.1, -0.05) is 35.9 Å². The summed E-state index contributed by atoms with van der Waals surface area (Å²) >= 11 is 6.53. The predicted octanol–water partition coefficient (Wildman–Crippen LogP) is 5.38. The third-order valence-corrected chi connectivity index (χ3v) is 5.56. The second kappa shape index (κ2) is 9.16. The smallest absolute Gasteiger partial charge is 0.315 e. The summed E-state index contributed by atoms with van der Waals surface area (Å²) in [6.07, 6.45) is 1.46. The van der Waals surface area contributed by atoms with Gasteiger partial charge in [-0.3, -0.25) is 0 Å². The first kappa shape index (κ1) is 22.7. The van der Waals surface area contributed by atoms with Crippen LogP contribution in [0.5, 0.6) is 5.75 Å². The number of amides is 2. The van der Waals surface area contributed by atoms with Crippen molar-refractivity contribution in [3.63, 3.8) is 0 Å². The molecule has 1 atom stereocenters. The topological polar surface area (TPSA) is 92.0 Å². The molecule has 0 radical (unpaired) electrons. The molecule has 0 fully saturated rings. The number of para-hydroxylation sites is 1. The molecule has 2 heterocycles. The van der Waals surface area contributed by atoms with E-state index in [-0.39, 0.29) is 17.6 Å². The van der Waals surface area contributed by atoms with Gasteiger partial charge >= 0.3 is 6.03 Å². The average Bonchev–Trinajstić information content (AvgIpc) is 3.03. The van der Waals surface area contributed by atoms with Crippen LogP contribution in [0.2, 0.25) is 5.02 Å². The van der Waals surface area contributed by atoms with Crippen molar-refractivity contribution >= 4 is 17.6 Å². The van der Waals surface area contributed by atoms with Crippen LogP contribution in [0, 0.1) is 11.3 Å². The van der Waals surface area contributed by atoms with Gasteiger partial charge < -0.3 is 15.4 Å². The van der Waals surface area contributed by atoms with Gasteiger partial charge in [0.1, 0.15) is 11.4 Å². The van der Waals surface area contributed by atoms with E-state index >= 15 is 0 Å². The molecule has 4 rings (SSSR count). The number of hydrogen-bond donors (Lipinski definition) is 2. The highest BCUT2D eigenvalue weighted by atomic mass is 35.5. The van der Waals surface area contributed by atoms with Crippen molar-refractivity contribution in [2.45, 2.75) is 45.2 Å². The molecule has 0 aliphatic carbocycles. The molecule has 2 aromatic carbocycles. The van der Waals surface area contributed by atoms with Gasteiger partial charge in [0.15, 0.2) is 5.75 Å². The van der Waals surface area contributed by atoms with Crippen LogP contribution in [-0.2, 0) is 0 Å². The zero-order valence-electron chi connectivity index (χ0n) is 18.9. The molecule has 1 aromatic heterocycles. The monoisotopic (exact) mass is 463 g/mol. The summed E-state index contributed by atoms with van der Waals surface area (Å²) in [5.41, 5.74) is 3.12. The average molecular weight is 464 g/mol. The molecule has 8 heteroatoms. The fourth-order valence-electron chi connectivity index (χ4n) is 3.82. The molecule has 2 amide bonds. The standard InChI is InChI=1S/C25H26ClN5O2/c1-25(2,3)29-24(32)28-19-8-6-14-33-23-21(19)30-31(20-9-5-4-7-18(20)26)22(23)17-12-10-16(15-27)11-13-17/h4-5,7,9-13,19H,6,8,14H2,1-3H3,(H2,28,29,32). The zero-order valence-corrected chi connectivity index (χ0v) is 19.6. The van der Waals surface area contributed by atoms with Crippen molar-refractivity contribution in [3.8, 4) is 28.8 Å². The van der Waals surface area contributed by atoms with Crippen LogP contribution < -0.4 is 15.4 Å². The second-order valence-corrected chi connectivity index (χ2v) is 9.41. The highest BCUT2D eigenvalue weighted by molar-refractivity contribution is 6.32. The van der Waals surface area contributed by atoms with E-state index in [1.165, 1.54) is 0 Å². The molecular weight excluding hydrogens is 438 g/mol. The van der Waals surface area contributed by atoms with Crippen molar-refractivity contribution in [1.29, 1.82) is 5.26 Å². The number of carbonyl (C=O) groups is 1. The molecule has 170 valence electrons. The van der Waals surface area contributed by atoms with E-state index < -0.39 is 0 Å². The van der Waals surface area contributed by atoms with Crippen molar-refractivity contribution < 1.29 is 9.53 Å². The lowest BCUT2D eigenvalue weighted by molar-refractivity contribution is 0.227. The normalized spacial score (nSPS) is 15.5. The summed E-state index contributed by atoms with van der Waals surface area (Å²) in [6.45, 7) is 6.31. The summed E-state index contributed by atoms with van der Waals surface area (Å²) in [5, 5.41) is 20.6. The minimum Gasteiger partial charge on any atom is -0.489 e. The molecule has 3 aromatic rings. The van der Waals surface area contributed by atoms with E-state index in [1.54, 1.807) is 22.9 Å². The number of carbonyl (C=O) groups excluding carboxylic acids is 1. The molecule has 1 aliphatic heterocycles. The Morgan fingerprint density at radius 3 is 2.61 bits per heavy atom. The minimum atomic E-state index is -0.362. The van der Waals surface area contributed by atoms with Crippen LogP contribution in [0.15, 0.2) is 48.5 Å². The first-order valence-electron chi connectivity index (χ1n) is 10.9. The number of urea groups is 1. The van der Waals surface area contributed by atoms with Gasteiger partial charge in [0.05, 0.1) is 35.0 Å². The highest BCUT2D eigenvalue weighted by Gasteiger charge is 2.31. The number of nitrogens with one attached hydrogen (secondary N) is 2. The highest BCUT2D eigenvalue weighted by Crippen LogP contribution is 2.41. The van der Waals surface area contributed by atoms with Crippen LogP contribution in [0.4, 0.5) is 4.79 Å². The lowest BCUT2D eigenvalue weighted by Crippen LogP contribution is -2.47. The molecule has 2 N–H and O–H groups in total. The molecule has 0 bridgehead atoms. The second-order valence-electron chi connectivity index (χ2n) is 9.01. The Morgan fingerprint density at radius 2 is 1.94 bits per heavy atom. The number of benzene rings is 2. The van der Waals surface area contributed by atoms with Crippen LogP contribution in [-0.4, -0.2) is 28.0 Å². The Kier molecular flexibility index (Phi) is 6.30. The number of nitrogens with zero attached hydrogens (tertiary/aromatic N) is 3. The van der Waals surface area contributed by atoms with Crippen molar-refractivity contribution in [1.82, 2.24) is 20.4 Å². The van der Waals surface area contributed by atoms with Crippen LogP contribution in [0.3, 0.4) is 0 Å². The Morgan fingerprint density at radius 1 is 1.21 bits per heavy atom. The fourth-order valence-corrected chi connectivity index (χ4v) is 4.03. The third-order valence-electron chi connectivity index (χ3n) is 5.24. The van der Waals surface area contributed by atoms with Crippen molar-refractivity contribution in [2.75, 3.05) is 6.61 Å². The summed E-state index contributed by atoms with van der Waals surface area (Å²) in [6, 6.07) is 16.3. The minimum absolute atomic E-state index is 0.257. The number of rotatable bonds is 3. The number of nitriles is 1. The predicted molar refractivity (Wildman–Crippen MR) is 128 cm³/mol. The first-order chi connectivity index (χ1) is 15.8. The van der Waals surface area contributed by atoms with Crippen LogP contribution in [0.1, 0.15) is 50.9 Å². The van der Waals surface area contributed by atoms with Gasteiger partial charge in [0.25, 0.3) is 0 Å². The van der Waals surface area contributed by atoms with Crippen LogP contribution >= 0.6 is 11.6 Å². The summed E-state index contributed by atoms with van der Waals surface area (Å²) in [5.74, 6) is 0.609. The fraction of sp³-hybridized carbons (Fsp3) is 0.320. The van der Waals surface area contributed by atoms with Crippen molar-refractivity contribution in [2.24, 2.45) is 0 Å². The number of ether oxygens (including phenoxy) is 1. The van der Waals surface area contributed by atoms with Crippen LogP contribution in [0.25, 0.3) is 16.9 Å². The van der Waals surface area contributed by atoms with Gasteiger partial charge in [-0.15, -0.1) is 0 Å². The van der Waals surface area contributed by atoms with E-state index in [0.29, 0.717) is 40.7 Å². The molecule has 1 unspecified atom stereocenters. The summed E-state index contributed by atoms with van der Waals surface area (Å²) in [4.78, 5) is 12.7. The Bertz CT molecular complexity index is 1210. The molecular formula is C25H26ClN5O2. The SMILES string of the molecule is CC(C)(C)NC(=O)NC1CCCOc2c1nn(-c1ccccc1Cl)c2-c1ccc(C#N)cc1. The third kappa shape index (κ3) is 4.96. The summed E-state index contributed by atoms with van der Waals surface area (Å²) < 4.78 is 7.94. The quantitative estimate of drug-likeness (QED) is 0.545. The van der Waals surface area contributed by atoms with Gasteiger partial charge in [-0.05, 0) is 57.9 Å². The lowest BCUT2D eigenvalue weighted by Gasteiger charge is -2.23. The first-order valence-corrected chi connectivity index (χ1v) is 11.2. The Labute approximate surface area is 198 Å². The lowest BCUT2D eigenvalue weighted by atomic mass is 10.0. The molecule has 0 spiro atoms. The van der Waals surface area contributed by atoms with Gasteiger partial charge in [-0.25, -0.2) is 9.48 Å². The number of halogens is 1. The van der Waals surface area contributed by atoms with Gasteiger partial charge in [0, 0.05) is 11.1 Å². The van der Waals surface area contributed by atoms with E-state index in [9.17, 15) is 10.1 Å². The van der Waals surface area contributed by atoms with E-state index in [2.05, 4.69) is 16.7 Å². The molecule has 1 aliphatic rings. The van der Waals surface area contributed by atoms with Crippen molar-refractivity contribution in [3.05, 3.63) is 64.8 Å². The molecule has 0 saturated heterocycles. The maximum absolute atomic E-state index is 12.7. The summed E-state index contributed by atoms with van der Waals surface area (Å²) in [7, 11) is 0. The molecule has 33 heavy (non-hydrogen) atoms. The van der Waals surface area contributed by atoms with E-state index in [0.717, 1.165) is 17.7 Å². The van der Waals surface area contributed by atoms with Gasteiger partial charge in [0.2, 0.25) is 0 Å². The number of hydrogen-bond acceptors (Lipinski definition) is 4. The maximum atomic E-state index is 12.7.